The number of rotatable bonds is 10. The smallest absolute Gasteiger partial charge is 0.306 e. The van der Waals surface area contributed by atoms with Crippen LogP contribution in [-0.2, 0) is 16.0 Å². The van der Waals surface area contributed by atoms with Crippen molar-refractivity contribution in [3.05, 3.63) is 60.2 Å². The molecule has 2 aromatic carbocycles. The lowest BCUT2D eigenvalue weighted by Crippen LogP contribution is -2.21. The molecule has 0 bridgehead atoms. The summed E-state index contributed by atoms with van der Waals surface area (Å²) in [6.45, 7) is 0. The molecule has 0 saturated heterocycles. The zero-order valence-corrected chi connectivity index (χ0v) is 15.2. The molecule has 2 rings (SSSR count). The van der Waals surface area contributed by atoms with Gasteiger partial charge in [0.2, 0.25) is 0 Å². The molecule has 5 nitrogen and oxygen atoms in total. The van der Waals surface area contributed by atoms with Crippen LogP contribution in [0.15, 0.2) is 54.6 Å². The Morgan fingerprint density at radius 2 is 1.77 bits per heavy atom. The minimum Gasteiger partial charge on any atom is -0.481 e. The summed E-state index contributed by atoms with van der Waals surface area (Å²) in [5.74, 6) is -0.835. The molecule has 138 valence electrons. The van der Waals surface area contributed by atoms with Crippen molar-refractivity contribution in [2.45, 2.75) is 19.3 Å². The summed E-state index contributed by atoms with van der Waals surface area (Å²) in [5, 5.41) is 17.9. The van der Waals surface area contributed by atoms with Crippen molar-refractivity contribution in [2.75, 3.05) is 11.5 Å². The summed E-state index contributed by atoms with van der Waals surface area (Å²) in [6.07, 6.45) is 1.75. The molecule has 0 radical (unpaired) electrons. The number of carboxylic acid groups (broad SMARTS) is 1. The highest BCUT2D eigenvalue weighted by Crippen LogP contribution is 2.23. The molecular weight excluding hydrogens is 350 g/mol. The summed E-state index contributed by atoms with van der Waals surface area (Å²) in [5.41, 5.74) is 4.78. The van der Waals surface area contributed by atoms with Crippen LogP contribution in [-0.4, -0.2) is 33.7 Å². The molecule has 0 aliphatic rings. The number of carbonyl (C=O) groups excluding carboxylic acids is 1. The number of hydroxylamine groups is 1. The van der Waals surface area contributed by atoms with Gasteiger partial charge in [0.25, 0.3) is 5.91 Å². The van der Waals surface area contributed by atoms with Crippen LogP contribution >= 0.6 is 11.8 Å². The van der Waals surface area contributed by atoms with Crippen molar-refractivity contribution in [1.29, 1.82) is 0 Å². The molecule has 6 heteroatoms. The zero-order valence-electron chi connectivity index (χ0n) is 14.4. The van der Waals surface area contributed by atoms with Crippen LogP contribution in [0.25, 0.3) is 11.1 Å². The number of hydrogen-bond donors (Lipinski definition) is 3. The highest BCUT2D eigenvalue weighted by Gasteiger charge is 2.18. The van der Waals surface area contributed by atoms with Crippen LogP contribution in [0, 0.1) is 5.92 Å². The van der Waals surface area contributed by atoms with Crippen molar-refractivity contribution in [3.8, 4) is 11.1 Å². The molecule has 2 aromatic rings. The first kappa shape index (κ1) is 20.0. The normalized spacial score (nSPS) is 11.7. The maximum absolute atomic E-state index is 11.6. The Balaban J connectivity index is 1.91. The highest BCUT2D eigenvalue weighted by molar-refractivity contribution is 7.99. The van der Waals surface area contributed by atoms with Crippen molar-refractivity contribution >= 4 is 23.6 Å². The average molecular weight is 373 g/mol. The van der Waals surface area contributed by atoms with Crippen molar-refractivity contribution in [3.63, 3.8) is 0 Å². The third kappa shape index (κ3) is 6.54. The van der Waals surface area contributed by atoms with E-state index in [-0.39, 0.29) is 5.75 Å². The minimum atomic E-state index is -0.798. The Bertz CT molecular complexity index is 721. The zero-order chi connectivity index (χ0) is 18.8. The van der Waals surface area contributed by atoms with Gasteiger partial charge in [-0.2, -0.15) is 11.8 Å². The Kier molecular flexibility index (Phi) is 8.18. The van der Waals surface area contributed by atoms with Crippen LogP contribution in [0.4, 0.5) is 0 Å². The first-order valence-corrected chi connectivity index (χ1v) is 9.63. The van der Waals surface area contributed by atoms with Gasteiger partial charge in [-0.15, -0.1) is 0 Å². The van der Waals surface area contributed by atoms with Gasteiger partial charge in [0, 0.05) is 0 Å². The highest BCUT2D eigenvalue weighted by atomic mass is 32.2. The first-order valence-electron chi connectivity index (χ1n) is 8.48. The molecule has 3 N–H and O–H groups in total. The molecule has 0 saturated carbocycles. The van der Waals surface area contributed by atoms with Gasteiger partial charge in [-0.25, -0.2) is 5.48 Å². The first-order chi connectivity index (χ1) is 12.6. The number of benzene rings is 2. The number of nitrogens with one attached hydrogen (secondary N) is 1. The number of hydrogen-bond acceptors (Lipinski definition) is 4. The van der Waals surface area contributed by atoms with Gasteiger partial charge < -0.3 is 5.11 Å². The summed E-state index contributed by atoms with van der Waals surface area (Å²) in [6, 6.07) is 18.0. The van der Waals surface area contributed by atoms with E-state index in [1.807, 2.05) is 54.6 Å². The molecule has 0 aliphatic carbocycles. The van der Waals surface area contributed by atoms with Gasteiger partial charge in [-0.05, 0) is 41.7 Å². The second-order valence-electron chi connectivity index (χ2n) is 6.04. The van der Waals surface area contributed by atoms with E-state index in [1.165, 1.54) is 11.8 Å². The Labute approximate surface area is 157 Å². The number of carboxylic acids is 1. The molecule has 0 heterocycles. The molecule has 0 fully saturated rings. The molecule has 1 atom stereocenters. The van der Waals surface area contributed by atoms with Crippen LogP contribution < -0.4 is 5.48 Å². The average Bonchev–Trinajstić information content (AvgIpc) is 2.67. The SMILES string of the molecule is O=C(CSCCCC(Cc1cccc(-c2ccccc2)c1)C(=O)O)NO. The van der Waals surface area contributed by atoms with Crippen LogP contribution in [0.3, 0.4) is 0 Å². The standard InChI is InChI=1S/C20H23NO4S/c22-19(21-25)14-26-11-5-10-18(20(23)24)13-15-6-4-9-17(12-15)16-7-2-1-3-8-16/h1-4,6-9,12,18,25H,5,10-11,13-14H2,(H,21,22)(H,23,24). The number of amides is 1. The van der Waals surface area contributed by atoms with Gasteiger partial charge in [-0.3, -0.25) is 14.8 Å². The fourth-order valence-electron chi connectivity index (χ4n) is 2.73. The number of carbonyl (C=O) groups is 2. The molecule has 26 heavy (non-hydrogen) atoms. The predicted octanol–water partition coefficient (Wildman–Crippen LogP) is 3.62. The third-order valence-electron chi connectivity index (χ3n) is 4.06. The van der Waals surface area contributed by atoms with E-state index in [0.29, 0.717) is 25.0 Å². The van der Waals surface area contributed by atoms with Crippen LogP contribution in [0.2, 0.25) is 0 Å². The summed E-state index contributed by atoms with van der Waals surface area (Å²) < 4.78 is 0. The van der Waals surface area contributed by atoms with Gasteiger partial charge in [-0.1, -0.05) is 54.6 Å². The predicted molar refractivity (Wildman–Crippen MR) is 103 cm³/mol. The molecule has 0 spiro atoms. The monoisotopic (exact) mass is 373 g/mol. The lowest BCUT2D eigenvalue weighted by atomic mass is 9.93. The van der Waals surface area contributed by atoms with Gasteiger partial charge in [0.15, 0.2) is 0 Å². The molecular formula is C20H23NO4S. The van der Waals surface area contributed by atoms with Gasteiger partial charge >= 0.3 is 5.97 Å². The maximum atomic E-state index is 11.6. The summed E-state index contributed by atoms with van der Waals surface area (Å²) in [4.78, 5) is 22.5. The number of aliphatic carboxylic acids is 1. The Morgan fingerprint density at radius 3 is 2.46 bits per heavy atom. The van der Waals surface area contributed by atoms with E-state index in [1.54, 1.807) is 5.48 Å². The quantitative estimate of drug-likeness (QED) is 0.336. The van der Waals surface area contributed by atoms with E-state index >= 15 is 0 Å². The second kappa shape index (κ2) is 10.6. The summed E-state index contributed by atoms with van der Waals surface area (Å²) >= 11 is 1.38. The molecule has 0 aromatic heterocycles. The summed E-state index contributed by atoms with van der Waals surface area (Å²) in [7, 11) is 0. The van der Waals surface area contributed by atoms with E-state index in [2.05, 4.69) is 0 Å². The Morgan fingerprint density at radius 1 is 1.04 bits per heavy atom. The lowest BCUT2D eigenvalue weighted by Gasteiger charge is -2.13. The van der Waals surface area contributed by atoms with Crippen LogP contribution in [0.5, 0.6) is 0 Å². The third-order valence-corrected chi connectivity index (χ3v) is 5.11. The fourth-order valence-corrected chi connectivity index (χ4v) is 3.50. The van der Waals surface area contributed by atoms with Crippen molar-refractivity contribution in [2.24, 2.45) is 5.92 Å². The largest absolute Gasteiger partial charge is 0.481 e. The molecule has 1 amide bonds. The van der Waals surface area contributed by atoms with E-state index in [4.69, 9.17) is 5.21 Å². The molecule has 0 aliphatic heterocycles. The Hall–Kier alpha value is -2.31. The topological polar surface area (TPSA) is 86.6 Å². The van der Waals surface area contributed by atoms with E-state index < -0.39 is 17.8 Å². The van der Waals surface area contributed by atoms with Crippen molar-refractivity contribution < 1.29 is 19.9 Å². The maximum Gasteiger partial charge on any atom is 0.306 e. The second-order valence-corrected chi connectivity index (χ2v) is 7.14. The van der Waals surface area contributed by atoms with Crippen molar-refractivity contribution in [1.82, 2.24) is 5.48 Å². The van der Waals surface area contributed by atoms with E-state index in [9.17, 15) is 14.7 Å². The van der Waals surface area contributed by atoms with E-state index in [0.717, 1.165) is 16.7 Å². The lowest BCUT2D eigenvalue weighted by molar-refractivity contribution is -0.142. The van der Waals surface area contributed by atoms with Gasteiger partial charge in [0.1, 0.15) is 0 Å². The fraction of sp³-hybridized carbons (Fsp3) is 0.300. The molecule has 1 unspecified atom stereocenters. The van der Waals surface area contributed by atoms with Crippen LogP contribution in [0.1, 0.15) is 18.4 Å². The minimum absolute atomic E-state index is 0.174. The van der Waals surface area contributed by atoms with Gasteiger partial charge in [0.05, 0.1) is 11.7 Å². The number of thioether (sulfide) groups is 1.